The molecule has 1 fully saturated rings. The first-order chi connectivity index (χ1) is 10.3. The summed E-state index contributed by atoms with van der Waals surface area (Å²) in [6, 6.07) is 0.0884. The zero-order valence-electron chi connectivity index (χ0n) is 12.3. The second kappa shape index (κ2) is 5.26. The zero-order valence-corrected chi connectivity index (χ0v) is 12.3. The maximum absolute atomic E-state index is 5.52. The van der Waals surface area contributed by atoms with E-state index in [4.69, 9.17) is 4.52 Å². The van der Waals surface area contributed by atoms with E-state index in [9.17, 15) is 0 Å². The summed E-state index contributed by atoms with van der Waals surface area (Å²) in [6.07, 6.45) is 7.51. The van der Waals surface area contributed by atoms with Crippen LogP contribution in [0, 0.1) is 5.92 Å². The molecule has 1 saturated carbocycles. The van der Waals surface area contributed by atoms with Crippen molar-refractivity contribution in [1.82, 2.24) is 25.4 Å². The smallest absolute Gasteiger partial charge is 0.244 e. The van der Waals surface area contributed by atoms with E-state index < -0.39 is 0 Å². The van der Waals surface area contributed by atoms with Crippen molar-refractivity contribution in [2.45, 2.75) is 57.5 Å². The van der Waals surface area contributed by atoms with Crippen molar-refractivity contribution in [3.63, 3.8) is 0 Å². The van der Waals surface area contributed by atoms with E-state index in [-0.39, 0.29) is 6.04 Å². The van der Waals surface area contributed by atoms with Gasteiger partial charge in [-0.25, -0.2) is 4.98 Å². The number of imidazole rings is 1. The third kappa shape index (κ3) is 2.37. The molecule has 0 aromatic carbocycles. The van der Waals surface area contributed by atoms with Crippen LogP contribution in [0.5, 0.6) is 0 Å². The number of hydrogen-bond donors (Lipinski definition) is 2. The van der Waals surface area contributed by atoms with Crippen molar-refractivity contribution >= 4 is 0 Å². The molecular formula is C15H21N5O. The van der Waals surface area contributed by atoms with Crippen LogP contribution in [0.1, 0.15) is 67.7 Å². The molecule has 3 unspecified atom stereocenters. The number of hydrogen-bond acceptors (Lipinski definition) is 5. The Morgan fingerprint density at radius 1 is 1.38 bits per heavy atom. The molecule has 3 atom stereocenters. The van der Waals surface area contributed by atoms with Crippen LogP contribution in [0.3, 0.4) is 0 Å². The summed E-state index contributed by atoms with van der Waals surface area (Å²) in [5.41, 5.74) is 2.26. The number of fused-ring (bicyclic) bond motifs is 1. The highest BCUT2D eigenvalue weighted by Crippen LogP contribution is 2.38. The van der Waals surface area contributed by atoms with Crippen LogP contribution in [0.15, 0.2) is 10.9 Å². The summed E-state index contributed by atoms with van der Waals surface area (Å²) in [5.74, 6) is 2.92. The van der Waals surface area contributed by atoms with E-state index in [1.807, 2.05) is 0 Å². The van der Waals surface area contributed by atoms with Gasteiger partial charge in [0.25, 0.3) is 0 Å². The predicted octanol–water partition coefficient (Wildman–Crippen LogP) is 2.47. The minimum absolute atomic E-state index is 0.0884. The molecule has 0 spiro atoms. The second-order valence-corrected chi connectivity index (χ2v) is 6.24. The molecule has 4 rings (SSSR count). The molecule has 3 heterocycles. The molecule has 1 aliphatic carbocycles. The number of nitrogens with zero attached hydrogens (tertiary/aromatic N) is 3. The topological polar surface area (TPSA) is 79.6 Å². The molecule has 2 aromatic heterocycles. The quantitative estimate of drug-likeness (QED) is 0.906. The summed E-state index contributed by atoms with van der Waals surface area (Å²) < 4.78 is 5.52. The van der Waals surface area contributed by atoms with Crippen molar-refractivity contribution in [3.8, 4) is 0 Å². The van der Waals surface area contributed by atoms with Crippen molar-refractivity contribution in [2.75, 3.05) is 0 Å². The zero-order chi connectivity index (χ0) is 14.2. The molecule has 6 heteroatoms. The molecule has 1 aliphatic heterocycles. The highest BCUT2D eigenvalue weighted by Gasteiger charge is 2.31. The molecule has 21 heavy (non-hydrogen) atoms. The number of H-pyrrole nitrogens is 1. The third-order valence-corrected chi connectivity index (χ3v) is 4.97. The predicted molar refractivity (Wildman–Crippen MR) is 76.5 cm³/mol. The van der Waals surface area contributed by atoms with E-state index in [2.05, 4.69) is 32.3 Å². The molecule has 2 aromatic rings. The average Bonchev–Trinajstić information content (AvgIpc) is 3.24. The highest BCUT2D eigenvalue weighted by molar-refractivity contribution is 5.17. The van der Waals surface area contributed by atoms with E-state index in [0.717, 1.165) is 36.1 Å². The van der Waals surface area contributed by atoms with Gasteiger partial charge in [-0.15, -0.1) is 0 Å². The minimum atomic E-state index is 0.0884. The maximum Gasteiger partial charge on any atom is 0.244 e. The van der Waals surface area contributed by atoms with Gasteiger partial charge < -0.3 is 9.51 Å². The van der Waals surface area contributed by atoms with E-state index in [1.165, 1.54) is 25.7 Å². The van der Waals surface area contributed by atoms with Gasteiger partial charge in [0.05, 0.1) is 23.8 Å². The number of aromatic amines is 1. The van der Waals surface area contributed by atoms with Gasteiger partial charge in [-0.05, 0) is 25.2 Å². The minimum Gasteiger partial charge on any atom is -0.347 e. The van der Waals surface area contributed by atoms with Gasteiger partial charge in [-0.1, -0.05) is 18.5 Å². The Kier molecular flexibility index (Phi) is 3.25. The molecule has 0 bridgehead atoms. The van der Waals surface area contributed by atoms with Crippen LogP contribution >= 0.6 is 0 Å². The van der Waals surface area contributed by atoms with Crippen LogP contribution in [-0.4, -0.2) is 20.1 Å². The monoisotopic (exact) mass is 287 g/mol. The van der Waals surface area contributed by atoms with Crippen molar-refractivity contribution in [1.29, 1.82) is 0 Å². The van der Waals surface area contributed by atoms with Gasteiger partial charge in [-0.3, -0.25) is 5.32 Å². The summed E-state index contributed by atoms with van der Waals surface area (Å²) in [5, 5.41) is 7.67. The summed E-state index contributed by atoms with van der Waals surface area (Å²) in [7, 11) is 0. The average molecular weight is 287 g/mol. The number of nitrogens with one attached hydrogen (secondary N) is 2. The maximum atomic E-state index is 5.52. The molecule has 2 aliphatic rings. The van der Waals surface area contributed by atoms with E-state index in [0.29, 0.717) is 11.8 Å². The number of rotatable bonds is 3. The Bertz CT molecular complexity index is 619. The fourth-order valence-electron chi connectivity index (χ4n) is 3.58. The normalized spacial score (nSPS) is 28.7. The largest absolute Gasteiger partial charge is 0.347 e. The van der Waals surface area contributed by atoms with Crippen LogP contribution in [0.25, 0.3) is 0 Å². The lowest BCUT2D eigenvalue weighted by atomic mass is 10.0. The Labute approximate surface area is 123 Å². The first-order valence-corrected chi connectivity index (χ1v) is 7.91. The van der Waals surface area contributed by atoms with E-state index in [1.54, 1.807) is 6.33 Å². The Morgan fingerprint density at radius 2 is 2.33 bits per heavy atom. The fraction of sp³-hybridized carbons (Fsp3) is 0.667. The van der Waals surface area contributed by atoms with Gasteiger partial charge in [0.15, 0.2) is 5.82 Å². The van der Waals surface area contributed by atoms with Crippen LogP contribution in [-0.2, 0) is 13.0 Å². The SMILES string of the molecule is CCC1CCC(c2noc(C3Cc4nc[nH]c4CN3)n2)C1. The Morgan fingerprint density at radius 3 is 3.19 bits per heavy atom. The summed E-state index contributed by atoms with van der Waals surface area (Å²) in [4.78, 5) is 12.2. The number of aromatic nitrogens is 4. The van der Waals surface area contributed by atoms with Crippen molar-refractivity contribution < 1.29 is 4.52 Å². The molecular weight excluding hydrogens is 266 g/mol. The van der Waals surface area contributed by atoms with Gasteiger partial charge in [0.1, 0.15) is 0 Å². The molecule has 0 saturated heterocycles. The second-order valence-electron chi connectivity index (χ2n) is 6.24. The van der Waals surface area contributed by atoms with Gasteiger partial charge in [0, 0.05) is 18.9 Å². The highest BCUT2D eigenvalue weighted by atomic mass is 16.5. The lowest BCUT2D eigenvalue weighted by molar-refractivity contribution is 0.315. The first kappa shape index (κ1) is 13.0. The van der Waals surface area contributed by atoms with Gasteiger partial charge in [0.2, 0.25) is 5.89 Å². The lowest BCUT2D eigenvalue weighted by Gasteiger charge is -2.19. The van der Waals surface area contributed by atoms with Crippen molar-refractivity contribution in [2.24, 2.45) is 5.92 Å². The molecule has 112 valence electrons. The Balaban J connectivity index is 1.48. The molecule has 0 amide bonds. The summed E-state index contributed by atoms with van der Waals surface area (Å²) >= 11 is 0. The third-order valence-electron chi connectivity index (χ3n) is 4.97. The van der Waals surface area contributed by atoms with Crippen LogP contribution in [0.2, 0.25) is 0 Å². The van der Waals surface area contributed by atoms with Gasteiger partial charge >= 0.3 is 0 Å². The lowest BCUT2D eigenvalue weighted by Crippen LogP contribution is -2.28. The van der Waals surface area contributed by atoms with Crippen LogP contribution < -0.4 is 5.32 Å². The fourth-order valence-corrected chi connectivity index (χ4v) is 3.58. The summed E-state index contributed by atoms with van der Waals surface area (Å²) in [6.45, 7) is 3.04. The first-order valence-electron chi connectivity index (χ1n) is 7.91. The Hall–Kier alpha value is -1.69. The standard InChI is InChI=1S/C15H21N5O/c1-2-9-3-4-10(5-9)14-19-15(21-20-14)12-6-11-13(7-16-12)18-8-17-11/h8-10,12,16H,2-7H2,1H3,(H,17,18). The van der Waals surface area contributed by atoms with Gasteiger partial charge in [-0.2, -0.15) is 4.98 Å². The van der Waals surface area contributed by atoms with Crippen molar-refractivity contribution in [3.05, 3.63) is 29.4 Å². The van der Waals surface area contributed by atoms with E-state index >= 15 is 0 Å². The molecule has 2 N–H and O–H groups in total. The molecule has 0 radical (unpaired) electrons. The molecule has 6 nitrogen and oxygen atoms in total. The van der Waals surface area contributed by atoms with Crippen LogP contribution in [0.4, 0.5) is 0 Å².